The van der Waals surface area contributed by atoms with E-state index in [-0.39, 0.29) is 29.5 Å². The van der Waals surface area contributed by atoms with E-state index in [2.05, 4.69) is 0 Å². The fourth-order valence-electron chi connectivity index (χ4n) is 2.05. The van der Waals surface area contributed by atoms with Crippen LogP contribution in [0, 0.1) is 18.3 Å². The minimum absolute atomic E-state index is 0.121. The van der Waals surface area contributed by atoms with Crippen molar-refractivity contribution in [3.05, 3.63) is 27.5 Å². The van der Waals surface area contributed by atoms with Crippen molar-refractivity contribution in [2.24, 2.45) is 0 Å². The first-order valence-corrected chi connectivity index (χ1v) is 7.52. The average molecular weight is 322 g/mol. The van der Waals surface area contributed by atoms with Gasteiger partial charge in [-0.15, -0.1) is 0 Å². The highest BCUT2D eigenvalue weighted by Gasteiger charge is 2.11. The Morgan fingerprint density at radius 1 is 1.30 bits per heavy atom. The highest BCUT2D eigenvalue weighted by atomic mass is 16.5. The third-order valence-electron chi connectivity index (χ3n) is 3.25. The van der Waals surface area contributed by atoms with Gasteiger partial charge in [-0.1, -0.05) is 0 Å². The summed E-state index contributed by atoms with van der Waals surface area (Å²) in [6.07, 6.45) is 2.07. The van der Waals surface area contributed by atoms with Crippen LogP contribution >= 0.6 is 0 Å². The highest BCUT2D eigenvalue weighted by Crippen LogP contribution is 2.17. The second-order valence-corrected chi connectivity index (χ2v) is 5.14. The number of aromatic nitrogens is 1. The van der Waals surface area contributed by atoms with Crippen LogP contribution in [-0.4, -0.2) is 35.5 Å². The Kier molecular flexibility index (Phi) is 7.84. The van der Waals surface area contributed by atoms with Crippen LogP contribution in [0.4, 0.5) is 0 Å². The molecule has 1 heterocycles. The number of nitrogens with zero attached hydrogens (tertiary/aromatic N) is 2. The van der Waals surface area contributed by atoms with Crippen LogP contribution in [0.3, 0.4) is 0 Å². The molecule has 0 bridgehead atoms. The number of esters is 1. The van der Waals surface area contributed by atoms with Crippen molar-refractivity contribution >= 4 is 5.97 Å². The fourth-order valence-corrected chi connectivity index (χ4v) is 2.05. The molecule has 0 aromatic carbocycles. The number of nitriles is 1. The van der Waals surface area contributed by atoms with E-state index in [0.29, 0.717) is 31.8 Å². The maximum absolute atomic E-state index is 11.8. The van der Waals surface area contributed by atoms with Crippen molar-refractivity contribution in [1.82, 2.24) is 4.57 Å². The summed E-state index contributed by atoms with van der Waals surface area (Å²) in [5, 5.41) is 18.9. The summed E-state index contributed by atoms with van der Waals surface area (Å²) in [5.41, 5.74) is 0.256. The molecule has 0 atom stereocenters. The summed E-state index contributed by atoms with van der Waals surface area (Å²) in [5.74, 6) is -0.579. The standard InChI is InChI=1S/C16H22N2O5/c1-12-10-15(20)18(16(21)14(12)11-17)6-5-8-22-7-3-4-9-23-13(2)19/h10,21H,3-9H2,1-2H3. The van der Waals surface area contributed by atoms with E-state index in [1.54, 1.807) is 6.92 Å². The summed E-state index contributed by atoms with van der Waals surface area (Å²) in [6.45, 7) is 4.64. The maximum atomic E-state index is 11.8. The first-order chi connectivity index (χ1) is 11.0. The molecule has 0 spiro atoms. The summed E-state index contributed by atoms with van der Waals surface area (Å²) in [6, 6.07) is 3.23. The Morgan fingerprint density at radius 2 is 1.96 bits per heavy atom. The largest absolute Gasteiger partial charge is 0.493 e. The molecular weight excluding hydrogens is 300 g/mol. The zero-order valence-electron chi connectivity index (χ0n) is 13.5. The van der Waals surface area contributed by atoms with E-state index in [0.717, 1.165) is 12.8 Å². The Labute approximate surface area is 135 Å². The average Bonchev–Trinajstić information content (AvgIpc) is 2.48. The second-order valence-electron chi connectivity index (χ2n) is 5.14. The van der Waals surface area contributed by atoms with Gasteiger partial charge in [0.25, 0.3) is 5.56 Å². The molecule has 7 heteroatoms. The number of hydrogen-bond acceptors (Lipinski definition) is 6. The first kappa shape index (κ1) is 18.7. The topological polar surface area (TPSA) is 102 Å². The summed E-state index contributed by atoms with van der Waals surface area (Å²) in [7, 11) is 0. The van der Waals surface area contributed by atoms with Gasteiger partial charge in [-0.2, -0.15) is 5.26 Å². The molecule has 0 saturated heterocycles. The third kappa shape index (κ3) is 6.12. The van der Waals surface area contributed by atoms with E-state index in [4.69, 9.17) is 14.7 Å². The number of ether oxygens (including phenoxy) is 2. The van der Waals surface area contributed by atoms with Crippen molar-refractivity contribution in [2.75, 3.05) is 19.8 Å². The van der Waals surface area contributed by atoms with Gasteiger partial charge in [-0.25, -0.2) is 0 Å². The lowest BCUT2D eigenvalue weighted by Crippen LogP contribution is -2.21. The fraction of sp³-hybridized carbons (Fsp3) is 0.562. The van der Waals surface area contributed by atoms with Gasteiger partial charge in [0, 0.05) is 32.7 Å². The first-order valence-electron chi connectivity index (χ1n) is 7.52. The lowest BCUT2D eigenvalue weighted by molar-refractivity contribution is -0.141. The Hall–Kier alpha value is -2.33. The van der Waals surface area contributed by atoms with E-state index in [9.17, 15) is 14.7 Å². The smallest absolute Gasteiger partial charge is 0.302 e. The summed E-state index contributed by atoms with van der Waals surface area (Å²) < 4.78 is 11.4. The number of carbonyl (C=O) groups excluding carboxylic acids is 1. The van der Waals surface area contributed by atoms with Crippen LogP contribution in [0.15, 0.2) is 10.9 Å². The Bertz CT molecular complexity index is 631. The van der Waals surface area contributed by atoms with Crippen molar-refractivity contribution in [2.45, 2.75) is 39.7 Å². The van der Waals surface area contributed by atoms with Crippen molar-refractivity contribution < 1.29 is 19.4 Å². The van der Waals surface area contributed by atoms with Crippen LogP contribution < -0.4 is 5.56 Å². The SMILES string of the molecule is CC(=O)OCCCCOCCCn1c(O)c(C#N)c(C)cc1=O. The molecule has 0 unspecified atom stereocenters. The van der Waals surface area contributed by atoms with E-state index in [1.807, 2.05) is 6.07 Å². The summed E-state index contributed by atoms with van der Waals surface area (Å²) in [4.78, 5) is 22.4. The van der Waals surface area contributed by atoms with Gasteiger partial charge in [-0.3, -0.25) is 14.2 Å². The van der Waals surface area contributed by atoms with Gasteiger partial charge < -0.3 is 14.6 Å². The molecule has 126 valence electrons. The van der Waals surface area contributed by atoms with Crippen molar-refractivity contribution in [3.8, 4) is 11.9 Å². The van der Waals surface area contributed by atoms with Gasteiger partial charge in [0.1, 0.15) is 11.6 Å². The number of pyridine rings is 1. The molecule has 0 amide bonds. The molecule has 0 aliphatic carbocycles. The molecule has 0 aliphatic rings. The van der Waals surface area contributed by atoms with Gasteiger partial charge >= 0.3 is 5.97 Å². The predicted octanol–water partition coefficient (Wildman–Crippen LogP) is 1.48. The Morgan fingerprint density at radius 3 is 2.61 bits per heavy atom. The highest BCUT2D eigenvalue weighted by molar-refractivity contribution is 5.65. The second kappa shape index (κ2) is 9.64. The normalized spacial score (nSPS) is 10.3. The number of aromatic hydroxyl groups is 1. The number of rotatable bonds is 9. The van der Waals surface area contributed by atoms with Gasteiger partial charge in [-0.05, 0) is 31.7 Å². The molecule has 1 N–H and O–H groups in total. The van der Waals surface area contributed by atoms with Crippen LogP contribution in [0.1, 0.15) is 37.3 Å². The number of aryl methyl sites for hydroxylation is 1. The molecule has 7 nitrogen and oxygen atoms in total. The molecule has 0 fully saturated rings. The van der Waals surface area contributed by atoms with Crippen molar-refractivity contribution in [3.63, 3.8) is 0 Å². The van der Waals surface area contributed by atoms with Crippen LogP contribution in [0.5, 0.6) is 5.88 Å². The zero-order valence-corrected chi connectivity index (χ0v) is 13.5. The van der Waals surface area contributed by atoms with Crippen molar-refractivity contribution in [1.29, 1.82) is 5.26 Å². The zero-order chi connectivity index (χ0) is 17.2. The van der Waals surface area contributed by atoms with E-state index in [1.165, 1.54) is 17.6 Å². The quantitative estimate of drug-likeness (QED) is 0.546. The number of carbonyl (C=O) groups is 1. The monoisotopic (exact) mass is 322 g/mol. The molecule has 1 rings (SSSR count). The van der Waals surface area contributed by atoms with Crippen LogP contribution in [0.25, 0.3) is 0 Å². The summed E-state index contributed by atoms with van der Waals surface area (Å²) >= 11 is 0. The third-order valence-corrected chi connectivity index (χ3v) is 3.25. The number of hydrogen-bond donors (Lipinski definition) is 1. The molecule has 23 heavy (non-hydrogen) atoms. The molecule has 1 aromatic heterocycles. The van der Waals surface area contributed by atoms with E-state index >= 15 is 0 Å². The lowest BCUT2D eigenvalue weighted by atomic mass is 10.1. The minimum atomic E-state index is -0.333. The van der Waals surface area contributed by atoms with Gasteiger partial charge in [0.05, 0.1) is 6.61 Å². The maximum Gasteiger partial charge on any atom is 0.302 e. The number of unbranched alkanes of at least 4 members (excludes halogenated alkanes) is 1. The van der Waals surface area contributed by atoms with Crippen LogP contribution in [-0.2, 0) is 20.8 Å². The molecule has 1 aromatic rings. The minimum Gasteiger partial charge on any atom is -0.493 e. The molecular formula is C16H22N2O5. The molecule has 0 radical (unpaired) electrons. The molecule has 0 saturated carbocycles. The van der Waals surface area contributed by atoms with Crippen LogP contribution in [0.2, 0.25) is 0 Å². The lowest BCUT2D eigenvalue weighted by Gasteiger charge is -2.11. The van der Waals surface area contributed by atoms with Gasteiger partial charge in [0.15, 0.2) is 0 Å². The predicted molar refractivity (Wildman–Crippen MR) is 83.1 cm³/mol. The van der Waals surface area contributed by atoms with E-state index < -0.39 is 0 Å². The Balaban J connectivity index is 2.31. The molecule has 0 aliphatic heterocycles. The van der Waals surface area contributed by atoms with Gasteiger partial charge in [0.2, 0.25) is 5.88 Å².